The van der Waals surface area contributed by atoms with Crippen LogP contribution in [-0.4, -0.2) is 52.2 Å². The summed E-state index contributed by atoms with van der Waals surface area (Å²) in [5, 5.41) is 12.5. The molecular formula is C20H22N4O3. The van der Waals surface area contributed by atoms with E-state index in [0.717, 1.165) is 11.4 Å². The number of carbonyl (C=O) groups is 1. The smallest absolute Gasteiger partial charge is 0.255 e. The van der Waals surface area contributed by atoms with Gasteiger partial charge in [-0.15, -0.1) is 0 Å². The predicted molar refractivity (Wildman–Crippen MR) is 104 cm³/mol. The topological polar surface area (TPSA) is 77.8 Å². The highest BCUT2D eigenvalue weighted by Crippen LogP contribution is 2.40. The van der Waals surface area contributed by atoms with Crippen molar-refractivity contribution in [2.45, 2.75) is 0 Å². The van der Waals surface area contributed by atoms with E-state index in [-0.39, 0.29) is 5.91 Å². The maximum absolute atomic E-state index is 13.0. The molecule has 0 unspecified atom stereocenters. The number of nitrogens with one attached hydrogen (secondary N) is 1. The van der Waals surface area contributed by atoms with Crippen LogP contribution >= 0.6 is 0 Å². The molecule has 3 rings (SSSR count). The average Bonchev–Trinajstić information content (AvgIpc) is 2.70. The fourth-order valence-electron chi connectivity index (χ4n) is 3.15. The molecule has 0 spiro atoms. The summed E-state index contributed by atoms with van der Waals surface area (Å²) in [5.74, 6) is 0.942. The summed E-state index contributed by atoms with van der Waals surface area (Å²) in [5.41, 5.74) is 3.48. The zero-order valence-electron chi connectivity index (χ0n) is 15.9. The monoisotopic (exact) mass is 366 g/mol. The molecule has 7 nitrogen and oxygen atoms in total. The first-order valence-electron chi connectivity index (χ1n) is 8.53. The van der Waals surface area contributed by atoms with E-state index in [4.69, 9.17) is 9.47 Å². The van der Waals surface area contributed by atoms with Crippen LogP contribution in [0.1, 0.15) is 15.9 Å². The van der Waals surface area contributed by atoms with Crippen molar-refractivity contribution in [2.24, 2.45) is 0 Å². The van der Waals surface area contributed by atoms with Crippen molar-refractivity contribution in [3.8, 4) is 17.6 Å². The van der Waals surface area contributed by atoms with Crippen molar-refractivity contribution in [1.82, 2.24) is 4.90 Å². The standard InChI is InChI=1S/C20H22N4O3/c1-23-8-7-22-15-9-13(12-21)5-6-16(15)24(2)17-11-19(27-4)18(26-3)10-14(17)20(23)25/h5-6,9-11,22H,7-8H2,1-4H3. The molecule has 0 aliphatic carbocycles. The van der Waals surface area contributed by atoms with Crippen molar-refractivity contribution in [3.05, 3.63) is 41.5 Å². The quantitative estimate of drug-likeness (QED) is 0.881. The molecule has 0 saturated carbocycles. The zero-order chi connectivity index (χ0) is 19.6. The lowest BCUT2D eigenvalue weighted by Gasteiger charge is -2.29. The highest BCUT2D eigenvalue weighted by Gasteiger charge is 2.24. The highest BCUT2D eigenvalue weighted by atomic mass is 16.5. The van der Waals surface area contributed by atoms with Crippen LogP contribution in [0.2, 0.25) is 0 Å². The molecule has 0 fully saturated rings. The molecule has 0 atom stereocenters. The lowest BCUT2D eigenvalue weighted by molar-refractivity contribution is 0.0800. The first-order chi connectivity index (χ1) is 13.0. The van der Waals surface area contributed by atoms with Crippen molar-refractivity contribution < 1.29 is 14.3 Å². The molecule has 140 valence electrons. The molecule has 0 aromatic heterocycles. The molecule has 27 heavy (non-hydrogen) atoms. The number of hydrogen-bond donors (Lipinski definition) is 1. The first kappa shape index (κ1) is 18.4. The Hall–Kier alpha value is -3.40. The van der Waals surface area contributed by atoms with Gasteiger partial charge in [0.05, 0.1) is 48.5 Å². The van der Waals surface area contributed by atoms with Gasteiger partial charge in [-0.05, 0) is 24.3 Å². The van der Waals surface area contributed by atoms with E-state index in [0.29, 0.717) is 41.4 Å². The average molecular weight is 366 g/mol. The second kappa shape index (κ2) is 7.46. The summed E-state index contributed by atoms with van der Waals surface area (Å²) < 4.78 is 10.8. The third-order valence-electron chi connectivity index (χ3n) is 4.69. The van der Waals surface area contributed by atoms with Gasteiger partial charge in [0.1, 0.15) is 0 Å². The van der Waals surface area contributed by atoms with E-state index in [9.17, 15) is 10.1 Å². The Kier molecular flexibility index (Phi) is 5.08. The number of rotatable bonds is 2. The molecule has 1 heterocycles. The summed E-state index contributed by atoms with van der Waals surface area (Å²) in [6, 6.07) is 11.1. The highest BCUT2D eigenvalue weighted by molar-refractivity contribution is 6.02. The fraction of sp³-hybridized carbons (Fsp3) is 0.300. The SMILES string of the molecule is COc1cc2c(cc1OC)N(C)c1ccc(C#N)cc1NCCN(C)C2=O. The molecule has 0 bridgehead atoms. The molecule has 7 heteroatoms. The third-order valence-corrected chi connectivity index (χ3v) is 4.69. The number of ether oxygens (including phenoxy) is 2. The van der Waals surface area contributed by atoms with Crippen molar-refractivity contribution in [1.29, 1.82) is 5.26 Å². The maximum Gasteiger partial charge on any atom is 0.255 e. The number of methoxy groups -OCH3 is 2. The zero-order valence-corrected chi connectivity index (χ0v) is 15.9. The molecule has 1 N–H and O–H groups in total. The van der Waals surface area contributed by atoms with E-state index in [1.54, 1.807) is 44.4 Å². The Bertz CT molecular complexity index is 920. The van der Waals surface area contributed by atoms with Crippen LogP contribution in [0, 0.1) is 11.3 Å². The Morgan fingerprint density at radius 3 is 2.44 bits per heavy atom. The van der Waals surface area contributed by atoms with Crippen molar-refractivity contribution in [3.63, 3.8) is 0 Å². The van der Waals surface area contributed by atoms with Crippen LogP contribution in [0.5, 0.6) is 11.5 Å². The van der Waals surface area contributed by atoms with Crippen LogP contribution in [0.3, 0.4) is 0 Å². The normalized spacial score (nSPS) is 13.8. The molecule has 0 radical (unpaired) electrons. The Balaban J connectivity index is 2.24. The third kappa shape index (κ3) is 3.34. The fourth-order valence-corrected chi connectivity index (χ4v) is 3.15. The van der Waals surface area contributed by atoms with Gasteiger partial charge in [-0.2, -0.15) is 5.26 Å². The number of anilines is 3. The van der Waals surface area contributed by atoms with Crippen LogP contribution < -0.4 is 19.7 Å². The van der Waals surface area contributed by atoms with E-state index >= 15 is 0 Å². The van der Waals surface area contributed by atoms with Crippen LogP contribution in [0.4, 0.5) is 17.1 Å². The maximum atomic E-state index is 13.0. The van der Waals surface area contributed by atoms with Gasteiger partial charge in [-0.1, -0.05) is 0 Å². The number of hydrogen-bond acceptors (Lipinski definition) is 6. The Morgan fingerprint density at radius 2 is 1.78 bits per heavy atom. The lowest BCUT2D eigenvalue weighted by atomic mass is 10.1. The number of nitriles is 1. The van der Waals surface area contributed by atoms with Gasteiger partial charge in [0.25, 0.3) is 5.91 Å². The van der Waals surface area contributed by atoms with Gasteiger partial charge in [0.2, 0.25) is 0 Å². The van der Waals surface area contributed by atoms with Crippen molar-refractivity contribution in [2.75, 3.05) is 51.6 Å². The second-order valence-corrected chi connectivity index (χ2v) is 6.28. The Morgan fingerprint density at radius 1 is 1.07 bits per heavy atom. The molecule has 1 aliphatic rings. The predicted octanol–water partition coefficient (Wildman–Crippen LogP) is 2.84. The largest absolute Gasteiger partial charge is 0.493 e. The van der Waals surface area contributed by atoms with Gasteiger partial charge >= 0.3 is 0 Å². The molecule has 2 aromatic rings. The second-order valence-electron chi connectivity index (χ2n) is 6.28. The molecule has 1 amide bonds. The molecule has 0 saturated heterocycles. The van der Waals surface area contributed by atoms with Gasteiger partial charge in [0.15, 0.2) is 11.5 Å². The number of fused-ring (bicyclic) bond motifs is 2. The lowest BCUT2D eigenvalue weighted by Crippen LogP contribution is -2.33. The summed E-state index contributed by atoms with van der Waals surface area (Å²) in [6.07, 6.45) is 0. The van der Waals surface area contributed by atoms with Crippen molar-refractivity contribution >= 4 is 23.0 Å². The van der Waals surface area contributed by atoms with Gasteiger partial charge in [-0.3, -0.25) is 4.79 Å². The van der Waals surface area contributed by atoms with Gasteiger partial charge < -0.3 is 24.6 Å². The van der Waals surface area contributed by atoms with Crippen LogP contribution in [0.15, 0.2) is 30.3 Å². The minimum Gasteiger partial charge on any atom is -0.493 e. The number of likely N-dealkylation sites (N-methyl/N-ethyl adjacent to an activating group) is 1. The summed E-state index contributed by atoms with van der Waals surface area (Å²) in [7, 11) is 6.75. The van der Waals surface area contributed by atoms with E-state index in [1.807, 2.05) is 24.1 Å². The van der Waals surface area contributed by atoms with E-state index in [2.05, 4.69) is 11.4 Å². The Labute approximate surface area is 158 Å². The number of nitrogens with zero attached hydrogens (tertiary/aromatic N) is 3. The minimum atomic E-state index is -0.100. The summed E-state index contributed by atoms with van der Waals surface area (Å²) in [4.78, 5) is 16.6. The minimum absolute atomic E-state index is 0.100. The van der Waals surface area contributed by atoms with Gasteiger partial charge in [-0.25, -0.2) is 0 Å². The number of carbonyl (C=O) groups excluding carboxylic acids is 1. The van der Waals surface area contributed by atoms with Crippen LogP contribution in [0.25, 0.3) is 0 Å². The van der Waals surface area contributed by atoms with E-state index in [1.165, 1.54) is 0 Å². The number of amides is 1. The number of benzene rings is 2. The van der Waals surface area contributed by atoms with E-state index < -0.39 is 0 Å². The molecule has 1 aliphatic heterocycles. The molecular weight excluding hydrogens is 344 g/mol. The summed E-state index contributed by atoms with van der Waals surface area (Å²) in [6.45, 7) is 1.09. The molecule has 2 aromatic carbocycles. The van der Waals surface area contributed by atoms with Gasteiger partial charge in [0, 0.05) is 33.3 Å². The first-order valence-corrected chi connectivity index (χ1v) is 8.53. The summed E-state index contributed by atoms with van der Waals surface area (Å²) >= 11 is 0. The van der Waals surface area contributed by atoms with Crippen LogP contribution in [-0.2, 0) is 0 Å².